The number of imidazole rings is 1. The molecule has 0 radical (unpaired) electrons. The third-order valence-electron chi connectivity index (χ3n) is 2.40. The summed E-state index contributed by atoms with van der Waals surface area (Å²) in [5.74, 6) is -0.102. The van der Waals surface area contributed by atoms with E-state index in [1.807, 2.05) is 10.8 Å². The van der Waals surface area contributed by atoms with Crippen LogP contribution in [-0.2, 0) is 6.54 Å². The monoisotopic (exact) mass is 308 g/mol. The van der Waals surface area contributed by atoms with Crippen LogP contribution in [0.3, 0.4) is 0 Å². The van der Waals surface area contributed by atoms with E-state index < -0.39 is 0 Å². The topological polar surface area (TPSA) is 59.8 Å². The van der Waals surface area contributed by atoms with Crippen molar-refractivity contribution >= 4 is 21.8 Å². The van der Waals surface area contributed by atoms with Gasteiger partial charge >= 0.3 is 0 Å². The third kappa shape index (κ3) is 3.66. The van der Waals surface area contributed by atoms with Crippen molar-refractivity contribution in [2.75, 3.05) is 6.54 Å². The number of halogens is 1. The van der Waals surface area contributed by atoms with Gasteiger partial charge in [0.15, 0.2) is 0 Å². The number of pyridine rings is 1. The van der Waals surface area contributed by atoms with Gasteiger partial charge in [0.2, 0.25) is 0 Å². The molecular weight excluding hydrogens is 296 g/mol. The maximum atomic E-state index is 11.8. The van der Waals surface area contributed by atoms with Crippen molar-refractivity contribution in [3.05, 3.63) is 47.2 Å². The molecule has 0 fully saturated rings. The van der Waals surface area contributed by atoms with E-state index in [0.717, 1.165) is 17.4 Å². The summed E-state index contributed by atoms with van der Waals surface area (Å²) in [6, 6.07) is 1.75. The number of amides is 1. The van der Waals surface area contributed by atoms with Crippen LogP contribution in [0.25, 0.3) is 0 Å². The minimum Gasteiger partial charge on any atom is -0.352 e. The van der Waals surface area contributed by atoms with Gasteiger partial charge in [0.05, 0.1) is 11.9 Å². The third-order valence-corrected chi connectivity index (χ3v) is 2.84. The molecule has 18 heavy (non-hydrogen) atoms. The molecule has 2 heterocycles. The number of aromatic nitrogens is 3. The molecule has 5 nitrogen and oxygen atoms in total. The van der Waals surface area contributed by atoms with Gasteiger partial charge in [-0.1, -0.05) is 0 Å². The number of nitrogens with one attached hydrogen (secondary N) is 1. The first-order valence-electron chi connectivity index (χ1n) is 5.60. The molecule has 2 aromatic rings. The highest BCUT2D eigenvalue weighted by atomic mass is 79.9. The van der Waals surface area contributed by atoms with Crippen LogP contribution in [0.2, 0.25) is 0 Å². The molecule has 1 amide bonds. The maximum Gasteiger partial charge on any atom is 0.252 e. The quantitative estimate of drug-likeness (QED) is 0.858. The van der Waals surface area contributed by atoms with Gasteiger partial charge in [-0.2, -0.15) is 0 Å². The summed E-state index contributed by atoms with van der Waals surface area (Å²) in [5, 5.41) is 2.86. The van der Waals surface area contributed by atoms with Crippen LogP contribution in [-0.4, -0.2) is 27.0 Å². The Bertz CT molecular complexity index is 513. The fraction of sp³-hybridized carbons (Fsp3) is 0.250. The summed E-state index contributed by atoms with van der Waals surface area (Å²) in [6.07, 6.45) is 9.47. The first-order chi connectivity index (χ1) is 8.75. The highest BCUT2D eigenvalue weighted by molar-refractivity contribution is 9.10. The van der Waals surface area contributed by atoms with Crippen molar-refractivity contribution in [1.29, 1.82) is 0 Å². The Balaban J connectivity index is 1.75. The Hall–Kier alpha value is -1.69. The SMILES string of the molecule is O=C(NCCCn1ccnc1)c1cncc(Br)c1. The average molecular weight is 309 g/mol. The zero-order valence-electron chi connectivity index (χ0n) is 9.71. The van der Waals surface area contributed by atoms with Crippen molar-refractivity contribution in [3.63, 3.8) is 0 Å². The molecule has 0 spiro atoms. The molecule has 1 N–H and O–H groups in total. The molecule has 0 aliphatic rings. The van der Waals surface area contributed by atoms with Gasteiger partial charge in [-0.05, 0) is 28.4 Å². The molecule has 0 bridgehead atoms. The second-order valence-electron chi connectivity index (χ2n) is 3.80. The van der Waals surface area contributed by atoms with Crippen LogP contribution in [0.15, 0.2) is 41.7 Å². The highest BCUT2D eigenvalue weighted by Crippen LogP contribution is 2.09. The normalized spacial score (nSPS) is 10.3. The van der Waals surface area contributed by atoms with Crippen LogP contribution >= 0.6 is 15.9 Å². The van der Waals surface area contributed by atoms with Gasteiger partial charge in [0.25, 0.3) is 5.91 Å². The van der Waals surface area contributed by atoms with E-state index in [-0.39, 0.29) is 5.91 Å². The zero-order chi connectivity index (χ0) is 12.8. The Kier molecular flexibility index (Phi) is 4.46. The maximum absolute atomic E-state index is 11.8. The van der Waals surface area contributed by atoms with E-state index in [0.29, 0.717) is 12.1 Å². The largest absolute Gasteiger partial charge is 0.352 e. The zero-order valence-corrected chi connectivity index (χ0v) is 11.3. The predicted octanol–water partition coefficient (Wildman–Crippen LogP) is 1.86. The molecule has 94 valence electrons. The molecule has 0 atom stereocenters. The minimum atomic E-state index is -0.102. The van der Waals surface area contributed by atoms with Crippen molar-refractivity contribution in [2.24, 2.45) is 0 Å². The number of carbonyl (C=O) groups is 1. The van der Waals surface area contributed by atoms with Crippen LogP contribution < -0.4 is 5.32 Å². The molecule has 0 saturated heterocycles. The first-order valence-corrected chi connectivity index (χ1v) is 6.39. The van der Waals surface area contributed by atoms with Crippen molar-refractivity contribution in [3.8, 4) is 0 Å². The van der Waals surface area contributed by atoms with Crippen LogP contribution in [0.4, 0.5) is 0 Å². The fourth-order valence-electron chi connectivity index (χ4n) is 1.52. The Labute approximate surface area is 113 Å². The molecular formula is C12H13BrN4O. The lowest BCUT2D eigenvalue weighted by molar-refractivity contribution is 0.0952. The summed E-state index contributed by atoms with van der Waals surface area (Å²) in [7, 11) is 0. The van der Waals surface area contributed by atoms with Crippen LogP contribution in [0.5, 0.6) is 0 Å². The summed E-state index contributed by atoms with van der Waals surface area (Å²) in [5.41, 5.74) is 0.562. The van der Waals surface area contributed by atoms with Crippen molar-refractivity contribution < 1.29 is 4.79 Å². The van der Waals surface area contributed by atoms with Crippen molar-refractivity contribution in [2.45, 2.75) is 13.0 Å². The lowest BCUT2D eigenvalue weighted by Gasteiger charge is -2.05. The number of carbonyl (C=O) groups excluding carboxylic acids is 1. The predicted molar refractivity (Wildman–Crippen MR) is 71.1 cm³/mol. The molecule has 2 rings (SSSR count). The van der Waals surface area contributed by atoms with E-state index in [9.17, 15) is 4.79 Å². The van der Waals surface area contributed by atoms with Gasteiger partial charge in [-0.15, -0.1) is 0 Å². The Morgan fingerprint density at radius 1 is 1.39 bits per heavy atom. The molecule has 0 aliphatic carbocycles. The van der Waals surface area contributed by atoms with Crippen molar-refractivity contribution in [1.82, 2.24) is 19.9 Å². The number of rotatable bonds is 5. The molecule has 0 unspecified atom stereocenters. The minimum absolute atomic E-state index is 0.102. The van der Waals surface area contributed by atoms with Crippen LogP contribution in [0, 0.1) is 0 Å². The van der Waals surface area contributed by atoms with Gasteiger partial charge < -0.3 is 9.88 Å². The standard InChI is InChI=1S/C12H13BrN4O/c13-11-6-10(7-15-8-11)12(18)16-2-1-4-17-5-3-14-9-17/h3,5-9H,1-2,4H2,(H,16,18). The summed E-state index contributed by atoms with van der Waals surface area (Å²) in [4.78, 5) is 19.7. The number of nitrogens with zero attached hydrogens (tertiary/aromatic N) is 3. The second kappa shape index (κ2) is 6.30. The van der Waals surface area contributed by atoms with Gasteiger partial charge in [-0.25, -0.2) is 4.98 Å². The molecule has 0 aromatic carbocycles. The average Bonchev–Trinajstić information content (AvgIpc) is 2.87. The Morgan fingerprint density at radius 2 is 2.28 bits per heavy atom. The van der Waals surface area contributed by atoms with E-state index in [4.69, 9.17) is 0 Å². The van der Waals surface area contributed by atoms with E-state index in [1.54, 1.807) is 31.0 Å². The number of hydrogen-bond acceptors (Lipinski definition) is 3. The first kappa shape index (κ1) is 12.8. The molecule has 0 saturated carbocycles. The smallest absolute Gasteiger partial charge is 0.252 e. The molecule has 6 heteroatoms. The van der Waals surface area contributed by atoms with Gasteiger partial charge in [0.1, 0.15) is 0 Å². The van der Waals surface area contributed by atoms with E-state index >= 15 is 0 Å². The summed E-state index contributed by atoms with van der Waals surface area (Å²) in [6.45, 7) is 1.47. The fourth-order valence-corrected chi connectivity index (χ4v) is 1.89. The lowest BCUT2D eigenvalue weighted by Crippen LogP contribution is -2.25. The van der Waals surface area contributed by atoms with E-state index in [2.05, 4.69) is 31.2 Å². The highest BCUT2D eigenvalue weighted by Gasteiger charge is 2.05. The summed E-state index contributed by atoms with van der Waals surface area (Å²) < 4.78 is 2.78. The molecule has 2 aromatic heterocycles. The molecule has 0 aliphatic heterocycles. The Morgan fingerprint density at radius 3 is 3.00 bits per heavy atom. The second-order valence-corrected chi connectivity index (χ2v) is 4.72. The van der Waals surface area contributed by atoms with Gasteiger partial charge in [-0.3, -0.25) is 9.78 Å². The van der Waals surface area contributed by atoms with E-state index in [1.165, 1.54) is 0 Å². The summed E-state index contributed by atoms with van der Waals surface area (Å²) >= 11 is 3.29. The number of hydrogen-bond donors (Lipinski definition) is 1. The lowest BCUT2D eigenvalue weighted by atomic mass is 10.2. The van der Waals surface area contributed by atoms with Gasteiger partial charge in [0, 0.05) is 42.3 Å². The number of aryl methyl sites for hydroxylation is 1. The van der Waals surface area contributed by atoms with Crippen LogP contribution in [0.1, 0.15) is 16.8 Å².